The molecule has 8 heteroatoms. The first-order valence-corrected chi connectivity index (χ1v) is 7.79. The highest BCUT2D eigenvalue weighted by molar-refractivity contribution is 7.93. The number of nitrogens with zero attached hydrogens (tertiary/aromatic N) is 2. The molecule has 0 fully saturated rings. The summed E-state index contributed by atoms with van der Waals surface area (Å²) in [6, 6.07) is 3.62. The molecule has 1 aromatic carbocycles. The SMILES string of the molecule is CCc1nsc(NS(=O)(=O)c2cc(F)ccc2C)n1. The number of hydrogen-bond acceptors (Lipinski definition) is 5. The third-order valence-electron chi connectivity index (χ3n) is 2.45. The van der Waals surface area contributed by atoms with E-state index in [-0.39, 0.29) is 10.0 Å². The van der Waals surface area contributed by atoms with E-state index in [1.807, 2.05) is 6.92 Å². The first-order valence-electron chi connectivity index (χ1n) is 5.54. The second-order valence-corrected chi connectivity index (χ2v) is 6.29. The van der Waals surface area contributed by atoms with E-state index in [0.717, 1.165) is 17.6 Å². The van der Waals surface area contributed by atoms with E-state index in [1.165, 1.54) is 12.1 Å². The second kappa shape index (κ2) is 5.22. The maximum absolute atomic E-state index is 13.2. The Morgan fingerprint density at radius 3 is 2.79 bits per heavy atom. The van der Waals surface area contributed by atoms with Crippen molar-refractivity contribution < 1.29 is 12.8 Å². The molecule has 0 amide bonds. The molecular formula is C11H12FN3O2S2. The van der Waals surface area contributed by atoms with Crippen LogP contribution < -0.4 is 4.72 Å². The molecule has 0 spiro atoms. The molecule has 19 heavy (non-hydrogen) atoms. The molecule has 1 aromatic heterocycles. The van der Waals surface area contributed by atoms with E-state index in [9.17, 15) is 12.8 Å². The van der Waals surface area contributed by atoms with Crippen molar-refractivity contribution >= 4 is 26.7 Å². The van der Waals surface area contributed by atoms with Crippen LogP contribution in [0.3, 0.4) is 0 Å². The molecule has 0 aliphatic rings. The van der Waals surface area contributed by atoms with Gasteiger partial charge in [0.25, 0.3) is 10.0 Å². The van der Waals surface area contributed by atoms with Crippen LogP contribution in [0.15, 0.2) is 23.1 Å². The molecule has 1 heterocycles. The quantitative estimate of drug-likeness (QED) is 0.941. The summed E-state index contributed by atoms with van der Waals surface area (Å²) >= 11 is 0.961. The van der Waals surface area contributed by atoms with Crippen molar-refractivity contribution in [3.63, 3.8) is 0 Å². The minimum atomic E-state index is -3.84. The maximum atomic E-state index is 13.2. The molecule has 0 saturated carbocycles. The molecule has 0 aliphatic carbocycles. The monoisotopic (exact) mass is 301 g/mol. The Kier molecular flexibility index (Phi) is 3.81. The largest absolute Gasteiger partial charge is 0.264 e. The Labute approximate surface area is 114 Å². The lowest BCUT2D eigenvalue weighted by atomic mass is 10.2. The van der Waals surface area contributed by atoms with Gasteiger partial charge in [-0.1, -0.05) is 13.0 Å². The Bertz CT molecular complexity index is 698. The number of benzene rings is 1. The topological polar surface area (TPSA) is 72.0 Å². The van der Waals surface area contributed by atoms with Gasteiger partial charge >= 0.3 is 0 Å². The fraction of sp³-hybridized carbons (Fsp3) is 0.273. The van der Waals surface area contributed by atoms with Gasteiger partial charge in [0.2, 0.25) is 5.13 Å². The summed E-state index contributed by atoms with van der Waals surface area (Å²) in [4.78, 5) is 3.92. The van der Waals surface area contributed by atoms with Crippen molar-refractivity contribution in [3.8, 4) is 0 Å². The molecular weight excluding hydrogens is 289 g/mol. The Morgan fingerprint density at radius 2 is 2.16 bits per heavy atom. The number of aryl methyl sites for hydroxylation is 2. The molecule has 0 atom stereocenters. The number of hydrogen-bond donors (Lipinski definition) is 1. The van der Waals surface area contributed by atoms with Crippen LogP contribution in [0.1, 0.15) is 18.3 Å². The van der Waals surface area contributed by atoms with Crippen LogP contribution >= 0.6 is 11.5 Å². The van der Waals surface area contributed by atoms with Crippen LogP contribution in [0.4, 0.5) is 9.52 Å². The number of halogens is 1. The molecule has 0 aliphatic heterocycles. The lowest BCUT2D eigenvalue weighted by Gasteiger charge is -2.07. The predicted octanol–water partition coefficient (Wildman–Crippen LogP) is 2.35. The number of nitrogens with one attached hydrogen (secondary N) is 1. The van der Waals surface area contributed by atoms with Gasteiger partial charge in [0.15, 0.2) is 0 Å². The van der Waals surface area contributed by atoms with Crippen LogP contribution in [-0.2, 0) is 16.4 Å². The third-order valence-corrected chi connectivity index (χ3v) is 4.72. The van der Waals surface area contributed by atoms with Crippen LogP contribution in [0.5, 0.6) is 0 Å². The summed E-state index contributed by atoms with van der Waals surface area (Å²) in [6.45, 7) is 3.47. The highest BCUT2D eigenvalue weighted by Gasteiger charge is 2.19. The zero-order chi connectivity index (χ0) is 14.0. The Balaban J connectivity index is 2.34. The number of aromatic nitrogens is 2. The minimum Gasteiger partial charge on any atom is -0.253 e. The molecule has 0 saturated heterocycles. The normalized spacial score (nSPS) is 11.5. The molecule has 5 nitrogen and oxygen atoms in total. The molecule has 0 unspecified atom stereocenters. The highest BCUT2D eigenvalue weighted by Crippen LogP contribution is 2.21. The summed E-state index contributed by atoms with van der Waals surface area (Å²) < 4.78 is 43.7. The molecule has 2 rings (SSSR count). The summed E-state index contributed by atoms with van der Waals surface area (Å²) in [7, 11) is -3.84. The van der Waals surface area contributed by atoms with Gasteiger partial charge in [-0.05, 0) is 24.6 Å². The smallest absolute Gasteiger partial charge is 0.253 e. The highest BCUT2D eigenvalue weighted by atomic mass is 32.2. The van der Waals surface area contributed by atoms with Gasteiger partial charge in [-0.3, -0.25) is 4.72 Å². The average molecular weight is 301 g/mol. The van der Waals surface area contributed by atoms with E-state index in [4.69, 9.17) is 0 Å². The van der Waals surface area contributed by atoms with Crippen molar-refractivity contribution in [1.82, 2.24) is 9.36 Å². The molecule has 0 bridgehead atoms. The van der Waals surface area contributed by atoms with Crippen molar-refractivity contribution in [3.05, 3.63) is 35.4 Å². The van der Waals surface area contributed by atoms with Gasteiger partial charge in [0.1, 0.15) is 11.6 Å². The summed E-state index contributed by atoms with van der Waals surface area (Å²) in [5, 5.41) is 0.181. The van der Waals surface area contributed by atoms with Crippen LogP contribution in [0.25, 0.3) is 0 Å². The zero-order valence-electron chi connectivity index (χ0n) is 10.3. The lowest BCUT2D eigenvalue weighted by Crippen LogP contribution is -2.14. The number of sulfonamides is 1. The van der Waals surface area contributed by atoms with Gasteiger partial charge in [-0.2, -0.15) is 4.37 Å². The van der Waals surface area contributed by atoms with Gasteiger partial charge < -0.3 is 0 Å². The first-order chi connectivity index (χ1) is 8.92. The number of rotatable bonds is 4. The molecule has 1 N–H and O–H groups in total. The average Bonchev–Trinajstić information content (AvgIpc) is 2.79. The summed E-state index contributed by atoms with van der Waals surface area (Å²) in [5.41, 5.74) is 0.467. The van der Waals surface area contributed by atoms with Gasteiger partial charge in [0.05, 0.1) is 4.90 Å². The predicted molar refractivity (Wildman–Crippen MR) is 71.2 cm³/mol. The van der Waals surface area contributed by atoms with Gasteiger partial charge in [-0.25, -0.2) is 17.8 Å². The van der Waals surface area contributed by atoms with Gasteiger partial charge in [0, 0.05) is 18.0 Å². The van der Waals surface area contributed by atoms with E-state index in [2.05, 4.69) is 14.1 Å². The number of anilines is 1. The minimum absolute atomic E-state index is 0.0965. The second-order valence-electron chi connectivity index (χ2n) is 3.88. The zero-order valence-corrected chi connectivity index (χ0v) is 12.0. The van der Waals surface area contributed by atoms with E-state index >= 15 is 0 Å². The van der Waals surface area contributed by atoms with E-state index in [1.54, 1.807) is 6.92 Å². The van der Waals surface area contributed by atoms with Crippen molar-refractivity contribution in [1.29, 1.82) is 0 Å². The maximum Gasteiger partial charge on any atom is 0.264 e. The van der Waals surface area contributed by atoms with E-state index < -0.39 is 15.8 Å². The van der Waals surface area contributed by atoms with Crippen molar-refractivity contribution in [2.45, 2.75) is 25.2 Å². The first kappa shape index (κ1) is 13.9. The lowest BCUT2D eigenvalue weighted by molar-refractivity contribution is 0.594. The fourth-order valence-electron chi connectivity index (χ4n) is 1.47. The van der Waals surface area contributed by atoms with Crippen LogP contribution in [0.2, 0.25) is 0 Å². The molecule has 0 radical (unpaired) electrons. The van der Waals surface area contributed by atoms with Crippen LogP contribution in [0, 0.1) is 12.7 Å². The third kappa shape index (κ3) is 3.07. The molecule has 102 valence electrons. The van der Waals surface area contributed by atoms with Gasteiger partial charge in [-0.15, -0.1) is 0 Å². The molecule has 2 aromatic rings. The Hall–Kier alpha value is -1.54. The van der Waals surface area contributed by atoms with Crippen molar-refractivity contribution in [2.24, 2.45) is 0 Å². The fourth-order valence-corrected chi connectivity index (χ4v) is 3.60. The summed E-state index contributed by atoms with van der Waals surface area (Å²) in [5.74, 6) is -0.0313. The summed E-state index contributed by atoms with van der Waals surface area (Å²) in [6.07, 6.45) is 0.622. The van der Waals surface area contributed by atoms with Crippen molar-refractivity contribution in [2.75, 3.05) is 4.72 Å². The van der Waals surface area contributed by atoms with E-state index in [0.29, 0.717) is 17.8 Å². The Morgan fingerprint density at radius 1 is 1.42 bits per heavy atom. The standard InChI is InChI=1S/C11H12FN3O2S2/c1-3-10-13-11(18-14-10)15-19(16,17)9-6-8(12)5-4-7(9)2/h4-6H,3H2,1-2H3,(H,13,14,15). The van der Waals surface area contributed by atoms with Crippen LogP contribution in [-0.4, -0.2) is 17.8 Å².